The third-order valence-electron chi connectivity index (χ3n) is 13.5. The smallest absolute Gasteiger partial charge is 0.0991 e. The summed E-state index contributed by atoms with van der Waals surface area (Å²) in [5.74, 6) is 0. The second-order valence-corrected chi connectivity index (χ2v) is 15.8. The van der Waals surface area contributed by atoms with Crippen LogP contribution in [0.15, 0.2) is 194 Å². The van der Waals surface area contributed by atoms with Gasteiger partial charge in [0.1, 0.15) is 0 Å². The van der Waals surface area contributed by atoms with Crippen LogP contribution in [0, 0.1) is 11.3 Å². The number of nitrogens with zero attached hydrogens (tertiary/aromatic N) is 2. The summed E-state index contributed by atoms with van der Waals surface area (Å²) in [4.78, 5) is 0. The molecule has 0 saturated carbocycles. The van der Waals surface area contributed by atoms with Crippen molar-refractivity contribution in [2.45, 2.75) is 10.8 Å². The second kappa shape index (κ2) is 10.8. The fourth-order valence-electron chi connectivity index (χ4n) is 11.5. The van der Waals surface area contributed by atoms with Crippen LogP contribution >= 0.6 is 0 Å². The molecule has 1 aromatic heterocycles. The lowest BCUT2D eigenvalue weighted by atomic mass is 9.52. The molecule has 0 unspecified atom stereocenters. The first-order chi connectivity index (χ1) is 28.2. The van der Waals surface area contributed by atoms with Crippen molar-refractivity contribution in [3.05, 3.63) is 244 Å². The van der Waals surface area contributed by atoms with Crippen LogP contribution in [-0.4, -0.2) is 4.57 Å². The van der Waals surface area contributed by atoms with Gasteiger partial charge in [-0.3, -0.25) is 0 Å². The number of hydrogen-bond acceptors (Lipinski definition) is 1. The zero-order valence-corrected chi connectivity index (χ0v) is 30.9. The summed E-state index contributed by atoms with van der Waals surface area (Å²) in [5, 5.41) is 14.6. The van der Waals surface area contributed by atoms with E-state index in [1.807, 2.05) is 12.1 Å². The molecule has 3 aliphatic carbocycles. The molecule has 9 aromatic carbocycles. The monoisotopic (exact) mass is 720 g/mol. The lowest BCUT2D eigenvalue weighted by Crippen LogP contribution is -2.43. The van der Waals surface area contributed by atoms with Crippen LogP contribution in [0.5, 0.6) is 0 Å². The Hall–Kier alpha value is -7.47. The van der Waals surface area contributed by atoms with Crippen LogP contribution in [0.1, 0.15) is 50.1 Å². The number of hydrogen-bond donors (Lipinski definition) is 0. The van der Waals surface area contributed by atoms with Crippen molar-refractivity contribution in [2.24, 2.45) is 0 Å². The molecule has 1 heterocycles. The van der Waals surface area contributed by atoms with Gasteiger partial charge in [-0.05, 0) is 120 Å². The van der Waals surface area contributed by atoms with E-state index in [2.05, 4.69) is 193 Å². The maximum Gasteiger partial charge on any atom is 0.0991 e. The molecule has 0 amide bonds. The van der Waals surface area contributed by atoms with Crippen LogP contribution in [0.25, 0.3) is 60.5 Å². The first-order valence-corrected chi connectivity index (χ1v) is 19.7. The van der Waals surface area contributed by atoms with Crippen molar-refractivity contribution in [1.29, 1.82) is 5.26 Å². The molecular formula is C55H32N2. The fourth-order valence-corrected chi connectivity index (χ4v) is 11.5. The van der Waals surface area contributed by atoms with Crippen molar-refractivity contribution >= 4 is 32.6 Å². The summed E-state index contributed by atoms with van der Waals surface area (Å²) < 4.78 is 2.40. The van der Waals surface area contributed by atoms with Gasteiger partial charge in [0, 0.05) is 16.5 Å². The molecule has 0 saturated heterocycles. The highest BCUT2D eigenvalue weighted by molar-refractivity contribution is 6.22. The molecule has 0 atom stereocenters. The molecule has 2 heteroatoms. The minimum atomic E-state index is -0.571. The van der Waals surface area contributed by atoms with Gasteiger partial charge in [0.2, 0.25) is 0 Å². The summed E-state index contributed by atoms with van der Waals surface area (Å²) >= 11 is 0. The quantitative estimate of drug-likeness (QED) is 0.166. The summed E-state index contributed by atoms with van der Waals surface area (Å²) in [6, 6.07) is 74.5. The van der Waals surface area contributed by atoms with Crippen molar-refractivity contribution in [3.63, 3.8) is 0 Å². The number of rotatable bonds is 1. The number of aromatic nitrogens is 1. The van der Waals surface area contributed by atoms with E-state index in [1.165, 1.54) is 88.3 Å². The second-order valence-electron chi connectivity index (χ2n) is 15.8. The predicted octanol–water partition coefficient (Wildman–Crippen LogP) is 12.8. The van der Waals surface area contributed by atoms with E-state index in [9.17, 15) is 5.26 Å². The molecule has 0 fully saturated rings. The van der Waals surface area contributed by atoms with Gasteiger partial charge in [0.05, 0.1) is 33.5 Å². The van der Waals surface area contributed by atoms with Gasteiger partial charge < -0.3 is 4.57 Å². The molecule has 2 spiro atoms. The van der Waals surface area contributed by atoms with E-state index in [1.54, 1.807) is 0 Å². The van der Waals surface area contributed by atoms with Gasteiger partial charge in [-0.15, -0.1) is 0 Å². The maximum absolute atomic E-state index is 9.69. The SMILES string of the molecule is N#Cc1ccc(-n2c3cc4c(cc3c3c5ccccc5ccc32)C2(c3ccccc3-4)c3ccccc3C3(c4ccccc4-c4ccccc43)c3ccccc32)cc1. The van der Waals surface area contributed by atoms with Gasteiger partial charge in [-0.25, -0.2) is 0 Å². The zero-order valence-electron chi connectivity index (χ0n) is 30.9. The van der Waals surface area contributed by atoms with E-state index in [4.69, 9.17) is 0 Å². The first-order valence-electron chi connectivity index (χ1n) is 19.7. The van der Waals surface area contributed by atoms with Gasteiger partial charge in [-0.1, -0.05) is 152 Å². The van der Waals surface area contributed by atoms with Gasteiger partial charge in [-0.2, -0.15) is 5.26 Å². The lowest BCUT2D eigenvalue weighted by Gasteiger charge is -2.48. The molecule has 0 N–H and O–H groups in total. The maximum atomic E-state index is 9.69. The van der Waals surface area contributed by atoms with E-state index in [0.29, 0.717) is 5.56 Å². The molecular weight excluding hydrogens is 689 g/mol. The summed E-state index contributed by atoms with van der Waals surface area (Å²) in [5.41, 5.74) is 18.8. The third-order valence-corrected chi connectivity index (χ3v) is 13.5. The molecule has 2 nitrogen and oxygen atoms in total. The summed E-state index contributed by atoms with van der Waals surface area (Å²) in [6.07, 6.45) is 0. The predicted molar refractivity (Wildman–Crippen MR) is 231 cm³/mol. The van der Waals surface area contributed by atoms with E-state index in [0.717, 1.165) is 16.7 Å². The average Bonchev–Trinajstić information content (AvgIpc) is 3.88. The van der Waals surface area contributed by atoms with Crippen molar-refractivity contribution < 1.29 is 0 Å². The minimum Gasteiger partial charge on any atom is -0.309 e. The van der Waals surface area contributed by atoms with Gasteiger partial charge in [0.25, 0.3) is 0 Å². The van der Waals surface area contributed by atoms with E-state index < -0.39 is 10.8 Å². The molecule has 0 bridgehead atoms. The molecule has 0 radical (unpaired) electrons. The highest BCUT2D eigenvalue weighted by Gasteiger charge is 2.58. The number of nitriles is 1. The van der Waals surface area contributed by atoms with Crippen LogP contribution in [-0.2, 0) is 10.8 Å². The molecule has 57 heavy (non-hydrogen) atoms. The van der Waals surface area contributed by atoms with E-state index in [-0.39, 0.29) is 0 Å². The minimum absolute atomic E-state index is 0.477. The molecule has 10 aromatic rings. The van der Waals surface area contributed by atoms with Crippen LogP contribution < -0.4 is 0 Å². The van der Waals surface area contributed by atoms with Gasteiger partial charge >= 0.3 is 0 Å². The molecule has 3 aliphatic rings. The standard InChI is InChI=1S/C55H32N2/c56-33-34-25-28-36(29-26-34)57-51-30-27-35-13-1-2-14-37(35)53(51)42-31-50-41(32-52(42)57)40-17-5-8-20-45(40)55(50)48-23-11-9-21-46(48)54(47-22-10-12-24-49(47)55)43-18-6-3-15-38(43)39-16-4-7-19-44(39)54/h1-32H. The Morgan fingerprint density at radius 3 is 1.40 bits per heavy atom. The Bertz CT molecular complexity index is 3330. The number of benzene rings is 9. The Labute approximate surface area is 330 Å². The van der Waals surface area contributed by atoms with Crippen molar-refractivity contribution in [1.82, 2.24) is 4.57 Å². The Balaban J connectivity index is 1.22. The van der Waals surface area contributed by atoms with Crippen LogP contribution in [0.3, 0.4) is 0 Å². The summed E-state index contributed by atoms with van der Waals surface area (Å²) in [6.45, 7) is 0. The average molecular weight is 721 g/mol. The van der Waals surface area contributed by atoms with Crippen molar-refractivity contribution in [3.8, 4) is 34.0 Å². The van der Waals surface area contributed by atoms with Crippen LogP contribution in [0.2, 0.25) is 0 Å². The Morgan fingerprint density at radius 2 is 0.842 bits per heavy atom. The van der Waals surface area contributed by atoms with E-state index >= 15 is 0 Å². The largest absolute Gasteiger partial charge is 0.309 e. The molecule has 262 valence electrons. The third kappa shape index (κ3) is 3.57. The van der Waals surface area contributed by atoms with Gasteiger partial charge in [0.15, 0.2) is 0 Å². The van der Waals surface area contributed by atoms with Crippen molar-refractivity contribution in [2.75, 3.05) is 0 Å². The zero-order chi connectivity index (χ0) is 37.5. The highest BCUT2D eigenvalue weighted by atomic mass is 15.0. The number of fused-ring (bicyclic) bond motifs is 21. The lowest BCUT2D eigenvalue weighted by molar-refractivity contribution is 0.633. The molecule has 13 rings (SSSR count). The first kappa shape index (κ1) is 30.8. The van der Waals surface area contributed by atoms with Crippen LogP contribution in [0.4, 0.5) is 0 Å². The normalized spacial score (nSPS) is 14.6. The topological polar surface area (TPSA) is 28.7 Å². The molecule has 0 aliphatic heterocycles. The Morgan fingerprint density at radius 1 is 0.368 bits per heavy atom. The fraction of sp³-hybridized carbons (Fsp3) is 0.0364. The highest BCUT2D eigenvalue weighted by Crippen LogP contribution is 2.67. The Kier molecular flexibility index (Phi) is 5.86. The summed E-state index contributed by atoms with van der Waals surface area (Å²) in [7, 11) is 0.